The molecule has 2 aliphatic heterocycles. The van der Waals surface area contributed by atoms with Gasteiger partial charge in [0.15, 0.2) is 0 Å². The van der Waals surface area contributed by atoms with E-state index in [9.17, 15) is 9.59 Å². The Hall–Kier alpha value is -4.92. The molecule has 6 rings (SSSR count). The summed E-state index contributed by atoms with van der Waals surface area (Å²) in [5.41, 5.74) is 14.1. The van der Waals surface area contributed by atoms with E-state index in [1.54, 1.807) is 22.4 Å². The lowest BCUT2D eigenvalue weighted by atomic mass is 9.99. The number of rotatable bonds is 7. The summed E-state index contributed by atoms with van der Waals surface area (Å²) in [5.74, 6) is 1.50. The zero-order valence-electron chi connectivity index (χ0n) is 23.8. The van der Waals surface area contributed by atoms with Gasteiger partial charge < -0.3 is 14.9 Å². The first-order valence-electron chi connectivity index (χ1n) is 13.9. The van der Waals surface area contributed by atoms with Crippen molar-refractivity contribution in [1.82, 2.24) is 29.1 Å². The Labute approximate surface area is 239 Å². The molecular formula is C32H33N7O2. The van der Waals surface area contributed by atoms with Crippen LogP contribution in [-0.2, 0) is 9.59 Å². The molecule has 0 saturated heterocycles. The van der Waals surface area contributed by atoms with Crippen LogP contribution < -0.4 is 5.73 Å². The fourth-order valence-electron chi connectivity index (χ4n) is 5.92. The topological polar surface area (TPSA) is 102 Å². The SMILES string of the molecule is CCC1=C(c2ccc(-n3ccnc3C)cc2)CN(N2CC(c3ccc(-n4ccnc4C)c(N)c3)=C(CC)C2=O)C1=O. The van der Waals surface area contributed by atoms with Gasteiger partial charge in [0.05, 0.1) is 24.5 Å². The first kappa shape index (κ1) is 26.3. The molecule has 0 unspecified atom stereocenters. The maximum atomic E-state index is 13.7. The summed E-state index contributed by atoms with van der Waals surface area (Å²) in [6, 6.07) is 14.0. The first-order valence-corrected chi connectivity index (χ1v) is 13.9. The number of carbonyl (C=O) groups is 2. The number of aryl methyl sites for hydroxylation is 2. The number of nitrogens with two attached hydrogens (primary N) is 1. The summed E-state index contributed by atoms with van der Waals surface area (Å²) >= 11 is 0. The van der Waals surface area contributed by atoms with Gasteiger partial charge >= 0.3 is 0 Å². The van der Waals surface area contributed by atoms with Gasteiger partial charge in [0.25, 0.3) is 11.8 Å². The van der Waals surface area contributed by atoms with E-state index in [4.69, 9.17) is 5.73 Å². The zero-order chi connectivity index (χ0) is 28.8. The van der Waals surface area contributed by atoms with Crippen molar-refractivity contribution in [3.63, 3.8) is 0 Å². The fourth-order valence-corrected chi connectivity index (χ4v) is 5.92. The number of hydrogen-bond donors (Lipinski definition) is 1. The molecule has 2 aromatic heterocycles. The van der Waals surface area contributed by atoms with E-state index in [-0.39, 0.29) is 11.8 Å². The molecule has 4 heterocycles. The van der Waals surface area contributed by atoms with E-state index in [0.717, 1.165) is 50.9 Å². The average Bonchev–Trinajstić information content (AvgIpc) is 3.74. The molecule has 9 heteroatoms. The molecule has 9 nitrogen and oxygen atoms in total. The molecule has 2 amide bonds. The number of amides is 2. The molecule has 2 aromatic carbocycles. The van der Waals surface area contributed by atoms with E-state index in [2.05, 4.69) is 9.97 Å². The lowest BCUT2D eigenvalue weighted by molar-refractivity contribution is -0.153. The van der Waals surface area contributed by atoms with Crippen LogP contribution in [0.15, 0.2) is 78.4 Å². The first-order chi connectivity index (χ1) is 19.8. The third-order valence-electron chi connectivity index (χ3n) is 8.11. The molecule has 41 heavy (non-hydrogen) atoms. The smallest absolute Gasteiger partial charge is 0.269 e. The van der Waals surface area contributed by atoms with Crippen LogP contribution in [0.5, 0.6) is 0 Å². The number of nitrogens with zero attached hydrogens (tertiary/aromatic N) is 6. The third kappa shape index (κ3) is 4.34. The summed E-state index contributed by atoms with van der Waals surface area (Å²) in [4.78, 5) is 35.9. The van der Waals surface area contributed by atoms with Gasteiger partial charge in [0.1, 0.15) is 11.6 Å². The van der Waals surface area contributed by atoms with Crippen molar-refractivity contribution in [3.8, 4) is 11.4 Å². The number of hydrogen-bond acceptors (Lipinski definition) is 5. The molecular weight excluding hydrogens is 514 g/mol. The Morgan fingerprint density at radius 1 is 0.732 bits per heavy atom. The fraction of sp³-hybridized carbons (Fsp3) is 0.250. The minimum atomic E-state index is -0.133. The van der Waals surface area contributed by atoms with Crippen LogP contribution in [0.3, 0.4) is 0 Å². The minimum absolute atomic E-state index is 0.118. The van der Waals surface area contributed by atoms with Crippen molar-refractivity contribution in [1.29, 1.82) is 0 Å². The van der Waals surface area contributed by atoms with Crippen LogP contribution in [0.2, 0.25) is 0 Å². The average molecular weight is 548 g/mol. The summed E-state index contributed by atoms with van der Waals surface area (Å²) in [7, 11) is 0. The highest BCUT2D eigenvalue weighted by atomic mass is 16.2. The standard InChI is InChI=1S/C32H33N7O2/c1-5-25-27(22-7-10-24(11-8-22)36-15-13-34-20(36)3)18-38(31(25)40)39-19-28(26(6-2)32(39)41)23-9-12-30(29(33)17-23)37-16-14-35-21(37)4/h7-17H,5-6,18-19,33H2,1-4H3. The second-order valence-corrected chi connectivity index (χ2v) is 10.4. The van der Waals surface area contributed by atoms with Gasteiger partial charge in [0.2, 0.25) is 0 Å². The van der Waals surface area contributed by atoms with Gasteiger partial charge in [-0.15, -0.1) is 0 Å². The van der Waals surface area contributed by atoms with Crippen LogP contribution in [-0.4, -0.2) is 54.0 Å². The van der Waals surface area contributed by atoms with Crippen molar-refractivity contribution in [2.75, 3.05) is 18.8 Å². The molecule has 0 spiro atoms. The Morgan fingerprint density at radius 3 is 1.73 bits per heavy atom. The van der Waals surface area contributed by atoms with Gasteiger partial charge in [-0.05, 0) is 73.2 Å². The molecule has 2 N–H and O–H groups in total. The number of hydrazine groups is 1. The van der Waals surface area contributed by atoms with Crippen LogP contribution in [0.25, 0.3) is 22.5 Å². The molecule has 0 atom stereocenters. The number of anilines is 1. The maximum absolute atomic E-state index is 13.7. The van der Waals surface area contributed by atoms with Gasteiger partial charge in [-0.1, -0.05) is 32.0 Å². The molecule has 0 bridgehead atoms. The molecule has 0 saturated carbocycles. The molecule has 208 valence electrons. The highest BCUT2D eigenvalue weighted by molar-refractivity contribution is 6.11. The third-order valence-corrected chi connectivity index (χ3v) is 8.11. The Morgan fingerprint density at radius 2 is 1.24 bits per heavy atom. The van der Waals surface area contributed by atoms with Crippen molar-refractivity contribution >= 4 is 28.6 Å². The summed E-state index contributed by atoms with van der Waals surface area (Å²) in [6.07, 6.45) is 8.46. The van der Waals surface area contributed by atoms with Crippen LogP contribution in [0, 0.1) is 13.8 Å². The largest absolute Gasteiger partial charge is 0.397 e. The summed E-state index contributed by atoms with van der Waals surface area (Å²) in [6.45, 7) is 8.51. The van der Waals surface area contributed by atoms with Crippen LogP contribution in [0.1, 0.15) is 49.5 Å². The van der Waals surface area contributed by atoms with E-state index < -0.39 is 0 Å². The van der Waals surface area contributed by atoms with E-state index in [1.807, 2.05) is 91.7 Å². The predicted molar refractivity (Wildman–Crippen MR) is 159 cm³/mol. The number of aromatic nitrogens is 4. The van der Waals surface area contributed by atoms with Crippen molar-refractivity contribution in [3.05, 3.63) is 101 Å². The minimum Gasteiger partial charge on any atom is -0.397 e. The molecule has 0 aliphatic carbocycles. The van der Waals surface area contributed by atoms with Gasteiger partial charge in [-0.3, -0.25) is 9.59 Å². The zero-order valence-corrected chi connectivity index (χ0v) is 23.8. The number of nitrogen functional groups attached to an aromatic ring is 1. The second kappa shape index (κ2) is 10.2. The maximum Gasteiger partial charge on any atom is 0.269 e. The normalized spacial score (nSPS) is 15.7. The van der Waals surface area contributed by atoms with Crippen molar-refractivity contribution in [2.45, 2.75) is 40.5 Å². The van der Waals surface area contributed by atoms with E-state index >= 15 is 0 Å². The highest BCUT2D eigenvalue weighted by Crippen LogP contribution is 2.37. The summed E-state index contributed by atoms with van der Waals surface area (Å²) < 4.78 is 3.95. The molecule has 2 aliphatic rings. The molecule has 0 radical (unpaired) electrons. The number of imidazole rings is 2. The second-order valence-electron chi connectivity index (χ2n) is 10.4. The van der Waals surface area contributed by atoms with Gasteiger partial charge in [0, 0.05) is 41.6 Å². The number of benzene rings is 2. The van der Waals surface area contributed by atoms with E-state index in [1.165, 1.54) is 0 Å². The van der Waals surface area contributed by atoms with E-state index in [0.29, 0.717) is 37.2 Å². The lowest BCUT2D eigenvalue weighted by Gasteiger charge is -2.29. The summed E-state index contributed by atoms with van der Waals surface area (Å²) in [5, 5.41) is 3.21. The van der Waals surface area contributed by atoms with Gasteiger partial charge in [-0.2, -0.15) is 0 Å². The van der Waals surface area contributed by atoms with Crippen molar-refractivity contribution < 1.29 is 9.59 Å². The van der Waals surface area contributed by atoms with Crippen LogP contribution in [0.4, 0.5) is 5.69 Å². The lowest BCUT2D eigenvalue weighted by Crippen LogP contribution is -2.46. The quantitative estimate of drug-likeness (QED) is 0.332. The molecule has 0 fully saturated rings. The molecule has 4 aromatic rings. The Balaban J connectivity index is 1.26. The Bertz CT molecular complexity index is 1740. The predicted octanol–water partition coefficient (Wildman–Crippen LogP) is 4.88. The highest BCUT2D eigenvalue weighted by Gasteiger charge is 2.40. The number of carbonyl (C=O) groups excluding carboxylic acids is 2. The van der Waals surface area contributed by atoms with Gasteiger partial charge in [-0.25, -0.2) is 20.0 Å². The van der Waals surface area contributed by atoms with Crippen molar-refractivity contribution in [2.24, 2.45) is 0 Å². The monoisotopic (exact) mass is 547 g/mol. The van der Waals surface area contributed by atoms with Crippen LogP contribution >= 0.6 is 0 Å². The Kier molecular flexibility index (Phi) is 6.57.